The van der Waals surface area contributed by atoms with Gasteiger partial charge in [-0.1, -0.05) is 24.3 Å². The molecule has 1 aliphatic heterocycles. The first kappa shape index (κ1) is 18.3. The number of benzene rings is 2. The second-order valence-corrected chi connectivity index (χ2v) is 6.82. The molecule has 1 amide bonds. The number of nitrogens with one attached hydrogen (secondary N) is 2. The van der Waals surface area contributed by atoms with E-state index in [2.05, 4.69) is 34.5 Å². The third-order valence-electron chi connectivity index (χ3n) is 4.93. The molecule has 1 saturated heterocycles. The second kappa shape index (κ2) is 8.72. The molecule has 3 rings (SSSR count). The van der Waals surface area contributed by atoms with E-state index in [1.165, 1.54) is 10.6 Å². The fraction of sp³-hybridized carbons (Fsp3) is 0.381. The van der Waals surface area contributed by atoms with E-state index in [0.29, 0.717) is 12.2 Å². The first-order chi connectivity index (χ1) is 12.7. The van der Waals surface area contributed by atoms with Gasteiger partial charge in [-0.2, -0.15) is 0 Å². The SMILES string of the molecule is COc1ccc(C)cc1NC(=O)CC[NH+]1CCN(c2ccccc2)CC1. The minimum atomic E-state index is 0.0480. The molecule has 1 aliphatic rings. The molecule has 2 N–H and O–H groups in total. The van der Waals surface area contributed by atoms with Crippen molar-refractivity contribution in [2.45, 2.75) is 13.3 Å². The molecule has 26 heavy (non-hydrogen) atoms. The molecule has 0 atom stereocenters. The Hall–Kier alpha value is -2.53. The summed E-state index contributed by atoms with van der Waals surface area (Å²) in [6.07, 6.45) is 0.526. The Bertz CT molecular complexity index is 725. The molecule has 0 aromatic heterocycles. The van der Waals surface area contributed by atoms with Crippen LogP contribution in [0.25, 0.3) is 0 Å². The topological polar surface area (TPSA) is 46.0 Å². The predicted octanol–water partition coefficient (Wildman–Crippen LogP) is 1.74. The number of aryl methyl sites for hydroxylation is 1. The number of quaternary nitrogens is 1. The summed E-state index contributed by atoms with van der Waals surface area (Å²) in [5.74, 6) is 0.750. The maximum Gasteiger partial charge on any atom is 0.230 e. The maximum atomic E-state index is 12.3. The number of carbonyl (C=O) groups is 1. The largest absolute Gasteiger partial charge is 0.495 e. The van der Waals surface area contributed by atoms with E-state index in [1.54, 1.807) is 7.11 Å². The summed E-state index contributed by atoms with van der Waals surface area (Å²) >= 11 is 0. The van der Waals surface area contributed by atoms with E-state index >= 15 is 0 Å². The molecule has 0 saturated carbocycles. The maximum absolute atomic E-state index is 12.3. The summed E-state index contributed by atoms with van der Waals surface area (Å²) in [5.41, 5.74) is 3.14. The summed E-state index contributed by atoms with van der Waals surface area (Å²) < 4.78 is 5.32. The minimum Gasteiger partial charge on any atom is -0.495 e. The smallest absolute Gasteiger partial charge is 0.230 e. The van der Waals surface area contributed by atoms with E-state index in [1.807, 2.05) is 31.2 Å². The van der Waals surface area contributed by atoms with Crippen LogP contribution in [0, 0.1) is 6.92 Å². The van der Waals surface area contributed by atoms with Crippen LogP contribution < -0.4 is 19.9 Å². The van der Waals surface area contributed by atoms with Gasteiger partial charge < -0.3 is 19.9 Å². The minimum absolute atomic E-state index is 0.0480. The summed E-state index contributed by atoms with van der Waals surface area (Å²) in [5, 5.41) is 2.99. The number of ether oxygens (including phenoxy) is 1. The van der Waals surface area contributed by atoms with Crippen molar-refractivity contribution in [1.29, 1.82) is 0 Å². The predicted molar refractivity (Wildman–Crippen MR) is 105 cm³/mol. The lowest BCUT2D eigenvalue weighted by atomic mass is 10.2. The van der Waals surface area contributed by atoms with Crippen LogP contribution in [0.5, 0.6) is 5.75 Å². The zero-order valence-electron chi connectivity index (χ0n) is 15.6. The van der Waals surface area contributed by atoms with Crippen LogP contribution >= 0.6 is 0 Å². The monoisotopic (exact) mass is 354 g/mol. The van der Waals surface area contributed by atoms with Crippen LogP contribution in [0.15, 0.2) is 48.5 Å². The number of carbonyl (C=O) groups excluding carboxylic acids is 1. The number of nitrogens with zero attached hydrogens (tertiary/aromatic N) is 1. The molecule has 138 valence electrons. The van der Waals surface area contributed by atoms with Crippen LogP contribution in [-0.2, 0) is 4.79 Å². The number of rotatable bonds is 6. The third-order valence-corrected chi connectivity index (χ3v) is 4.93. The summed E-state index contributed by atoms with van der Waals surface area (Å²) in [4.78, 5) is 16.2. The van der Waals surface area contributed by atoms with Crippen molar-refractivity contribution in [2.75, 3.05) is 50.1 Å². The lowest BCUT2D eigenvalue weighted by molar-refractivity contribution is -0.900. The Labute approximate surface area is 155 Å². The molecule has 0 aliphatic carbocycles. The van der Waals surface area contributed by atoms with Gasteiger partial charge in [-0.15, -0.1) is 0 Å². The zero-order chi connectivity index (χ0) is 18.4. The van der Waals surface area contributed by atoms with E-state index in [-0.39, 0.29) is 5.91 Å². The third kappa shape index (κ3) is 4.76. The van der Waals surface area contributed by atoms with E-state index in [9.17, 15) is 4.79 Å². The molecule has 0 bridgehead atoms. The lowest BCUT2D eigenvalue weighted by Gasteiger charge is -2.33. The fourth-order valence-corrected chi connectivity index (χ4v) is 3.39. The molecule has 1 fully saturated rings. The molecule has 0 radical (unpaired) electrons. The molecule has 5 heteroatoms. The summed E-state index contributed by atoms with van der Waals surface area (Å²) in [6, 6.07) is 16.3. The highest BCUT2D eigenvalue weighted by Gasteiger charge is 2.20. The standard InChI is InChI=1S/C21H27N3O2/c1-17-8-9-20(26-2)19(16-17)22-21(25)10-11-23-12-14-24(15-13-23)18-6-4-3-5-7-18/h3-9,16H,10-15H2,1-2H3,(H,22,25)/p+1. The number of amides is 1. The number of anilines is 2. The van der Waals surface area contributed by atoms with Gasteiger partial charge in [-0.3, -0.25) is 4.79 Å². The van der Waals surface area contributed by atoms with Crippen LogP contribution in [0.3, 0.4) is 0 Å². The average molecular weight is 354 g/mol. The highest BCUT2D eigenvalue weighted by molar-refractivity contribution is 5.92. The van der Waals surface area contributed by atoms with Crippen molar-refractivity contribution in [3.8, 4) is 5.75 Å². The van der Waals surface area contributed by atoms with Gasteiger partial charge in [0, 0.05) is 5.69 Å². The van der Waals surface area contributed by atoms with Crippen LogP contribution in [0.1, 0.15) is 12.0 Å². The Balaban J connectivity index is 1.45. The van der Waals surface area contributed by atoms with Gasteiger partial charge in [0.15, 0.2) is 0 Å². The zero-order valence-corrected chi connectivity index (χ0v) is 15.6. The fourth-order valence-electron chi connectivity index (χ4n) is 3.39. The van der Waals surface area contributed by atoms with Crippen LogP contribution in [-0.4, -0.2) is 45.7 Å². The molecular weight excluding hydrogens is 326 g/mol. The number of hydrogen-bond acceptors (Lipinski definition) is 3. The Morgan fingerprint density at radius 1 is 1.15 bits per heavy atom. The first-order valence-corrected chi connectivity index (χ1v) is 9.24. The second-order valence-electron chi connectivity index (χ2n) is 6.82. The van der Waals surface area contributed by atoms with Crippen LogP contribution in [0.2, 0.25) is 0 Å². The summed E-state index contributed by atoms with van der Waals surface area (Å²) in [7, 11) is 1.62. The highest BCUT2D eigenvalue weighted by Crippen LogP contribution is 2.25. The van der Waals surface area contributed by atoms with E-state index < -0.39 is 0 Å². The highest BCUT2D eigenvalue weighted by atomic mass is 16.5. The van der Waals surface area contributed by atoms with Crippen molar-refractivity contribution in [2.24, 2.45) is 0 Å². The number of hydrogen-bond donors (Lipinski definition) is 2. The van der Waals surface area contributed by atoms with Gasteiger partial charge in [0.2, 0.25) is 5.91 Å². The van der Waals surface area contributed by atoms with E-state index in [0.717, 1.165) is 44.0 Å². The van der Waals surface area contributed by atoms with Gasteiger partial charge in [0.05, 0.1) is 51.9 Å². The quantitative estimate of drug-likeness (QED) is 0.831. The van der Waals surface area contributed by atoms with Crippen molar-refractivity contribution in [1.82, 2.24) is 0 Å². The molecule has 5 nitrogen and oxygen atoms in total. The van der Waals surface area contributed by atoms with Gasteiger partial charge in [-0.25, -0.2) is 0 Å². The van der Waals surface area contributed by atoms with Gasteiger partial charge in [-0.05, 0) is 36.8 Å². The molecule has 0 unspecified atom stereocenters. The number of para-hydroxylation sites is 1. The van der Waals surface area contributed by atoms with Crippen molar-refractivity contribution in [3.05, 3.63) is 54.1 Å². The first-order valence-electron chi connectivity index (χ1n) is 9.24. The van der Waals surface area contributed by atoms with Crippen molar-refractivity contribution in [3.63, 3.8) is 0 Å². The molecule has 2 aromatic rings. The number of methoxy groups -OCH3 is 1. The van der Waals surface area contributed by atoms with Gasteiger partial charge in [0.25, 0.3) is 0 Å². The molecule has 2 aromatic carbocycles. The van der Waals surface area contributed by atoms with E-state index in [4.69, 9.17) is 4.74 Å². The number of piperazine rings is 1. The normalized spacial score (nSPS) is 14.9. The molecular formula is C21H28N3O2+. The van der Waals surface area contributed by atoms with Crippen molar-refractivity contribution >= 4 is 17.3 Å². The summed E-state index contributed by atoms with van der Waals surface area (Å²) in [6.45, 7) is 7.07. The van der Waals surface area contributed by atoms with Crippen molar-refractivity contribution < 1.29 is 14.4 Å². The average Bonchev–Trinajstić information content (AvgIpc) is 2.68. The Kier molecular flexibility index (Phi) is 6.12. The Morgan fingerprint density at radius 2 is 1.88 bits per heavy atom. The van der Waals surface area contributed by atoms with Gasteiger partial charge >= 0.3 is 0 Å². The van der Waals surface area contributed by atoms with Gasteiger partial charge in [0.1, 0.15) is 5.75 Å². The molecule has 1 heterocycles. The Morgan fingerprint density at radius 3 is 2.58 bits per heavy atom. The lowest BCUT2D eigenvalue weighted by Crippen LogP contribution is -3.15. The van der Waals surface area contributed by atoms with Crippen LogP contribution in [0.4, 0.5) is 11.4 Å². The molecule has 0 spiro atoms.